The lowest BCUT2D eigenvalue weighted by Crippen LogP contribution is -2.46. The molecule has 11 atom stereocenters. The Morgan fingerprint density at radius 2 is 1.19 bits per heavy atom. The van der Waals surface area contributed by atoms with Crippen molar-refractivity contribution in [3.8, 4) is 0 Å². The van der Waals surface area contributed by atoms with Crippen LogP contribution in [0.1, 0.15) is 12.5 Å². The number of anilines is 2. The van der Waals surface area contributed by atoms with Gasteiger partial charge in [-0.15, -0.1) is 0 Å². The average molecular weight is 816 g/mol. The molecule has 28 nitrogen and oxygen atoms in total. The normalized spacial score (nSPS) is 29.8. The van der Waals surface area contributed by atoms with Gasteiger partial charge < -0.3 is 60.6 Å². The van der Waals surface area contributed by atoms with Crippen LogP contribution in [-0.4, -0.2) is 104 Å². The van der Waals surface area contributed by atoms with Crippen molar-refractivity contribution in [2.45, 2.75) is 49.1 Å². The third-order valence-corrected chi connectivity index (χ3v) is 12.2. The van der Waals surface area contributed by atoms with Gasteiger partial charge in [-0.1, -0.05) is 9.97 Å². The highest BCUT2D eigenvalue weighted by molar-refractivity contribution is 7.65. The summed E-state index contributed by atoms with van der Waals surface area (Å²) in [5, 5.41) is 42.2. The molecule has 6 heterocycles. The second kappa shape index (κ2) is 14.0. The Kier molecular flexibility index (Phi) is 10.3. The lowest BCUT2D eigenvalue weighted by Gasteiger charge is -2.31. The smallest absolute Gasteiger partial charge is 0.478 e. The number of nitrogens with two attached hydrogens (primary N) is 2. The molecule has 2 aliphatic rings. The number of phosphoric acid groups is 3. The van der Waals surface area contributed by atoms with Crippen molar-refractivity contribution >= 4 is 57.7 Å². The summed E-state index contributed by atoms with van der Waals surface area (Å²) >= 11 is 0. The minimum absolute atomic E-state index is 0.000642. The van der Waals surface area contributed by atoms with E-state index < -0.39 is 96.9 Å². The highest BCUT2D eigenvalue weighted by Crippen LogP contribution is 2.64. The summed E-state index contributed by atoms with van der Waals surface area (Å²) < 4.78 is 69.7. The number of nitrogens with zero attached hydrogens (tertiary/aromatic N) is 6. The van der Waals surface area contributed by atoms with E-state index in [2.05, 4.69) is 37.6 Å². The number of nitrogens with one attached hydrogen (secondary N) is 2. The van der Waals surface area contributed by atoms with E-state index in [0.29, 0.717) is 0 Å². The molecular weight excluding hydrogens is 785 g/mol. The van der Waals surface area contributed by atoms with Gasteiger partial charge in [0.1, 0.15) is 36.6 Å². The fourth-order valence-electron chi connectivity index (χ4n) is 5.75. The lowest BCUT2D eigenvalue weighted by atomic mass is 10.1. The van der Waals surface area contributed by atoms with E-state index in [1.807, 2.05) is 0 Å². The molecule has 31 heteroatoms. The zero-order valence-electron chi connectivity index (χ0n) is 26.9. The van der Waals surface area contributed by atoms with Gasteiger partial charge >= 0.3 is 19.1 Å². The second-order valence-electron chi connectivity index (χ2n) is 11.7. The number of hydrogen-bond acceptors (Lipinski definition) is 21. The van der Waals surface area contributed by atoms with Crippen molar-refractivity contribution in [3.63, 3.8) is 0 Å². The SMILES string of the molecule is Cn1c[n+]([C@@H]2O[C@H](COP(=O)(O)OP(=O)([O-])OP(=O)([O-])OC[C@@H]3O[C@H]([n+]4cn(C)c5c(=O)[nH]c(N)nc54)[C@@H](O)[C@H]3O)[C@@H](O)[C@H]2O)c2nc(N)[nH]c(=O)c21. The van der Waals surface area contributed by atoms with Crippen LogP contribution in [0.5, 0.6) is 0 Å². The van der Waals surface area contributed by atoms with Crippen LogP contribution in [0.15, 0.2) is 22.2 Å². The molecule has 53 heavy (non-hydrogen) atoms. The number of aryl methyl sites for hydroxylation is 2. The highest BCUT2D eigenvalue weighted by atomic mass is 31.3. The van der Waals surface area contributed by atoms with Crippen LogP contribution in [0.3, 0.4) is 0 Å². The molecule has 2 fully saturated rings. The molecule has 0 aliphatic carbocycles. The first kappa shape index (κ1) is 39.2. The number of aromatic nitrogens is 8. The summed E-state index contributed by atoms with van der Waals surface area (Å²) in [4.78, 5) is 71.8. The van der Waals surface area contributed by atoms with Crippen molar-refractivity contribution in [1.29, 1.82) is 0 Å². The molecular formula is C22H31N10O18P3. The third-order valence-electron chi connectivity index (χ3n) is 8.00. The Hall–Kier alpha value is -3.53. The maximum Gasteiger partial charge on any atom is 0.478 e. The van der Waals surface area contributed by atoms with Crippen molar-refractivity contribution in [1.82, 2.24) is 29.1 Å². The highest BCUT2D eigenvalue weighted by Gasteiger charge is 2.49. The van der Waals surface area contributed by atoms with Crippen LogP contribution in [0.2, 0.25) is 0 Å². The Morgan fingerprint density at radius 3 is 1.62 bits per heavy atom. The minimum atomic E-state index is -6.31. The van der Waals surface area contributed by atoms with Crippen molar-refractivity contribution in [2.24, 2.45) is 14.1 Å². The Balaban J connectivity index is 1.05. The monoisotopic (exact) mass is 816 g/mol. The first-order valence-electron chi connectivity index (χ1n) is 14.8. The number of aliphatic hydroxyl groups excluding tert-OH is 4. The van der Waals surface area contributed by atoms with Crippen LogP contribution in [0.4, 0.5) is 11.9 Å². The molecule has 0 radical (unpaired) electrons. The second-order valence-corrected chi connectivity index (χ2v) is 16.3. The average Bonchev–Trinajstić information content (AvgIpc) is 3.71. The molecule has 2 saturated heterocycles. The van der Waals surface area contributed by atoms with Gasteiger partial charge in [-0.2, -0.15) is 0 Å². The third kappa shape index (κ3) is 7.72. The number of hydrogen-bond donors (Lipinski definition) is 9. The molecule has 0 saturated carbocycles. The van der Waals surface area contributed by atoms with Gasteiger partial charge in [0.2, 0.25) is 23.5 Å². The standard InChI is InChI=1S/C22H31N10O18P3/c1-29-5-31(15-9(29)17(37)27-21(23)25-15)19-13(35)11(33)7(47-19)3-45-51(39,40)49-53(43,44)50-52(41,42)46-4-8-12(34)14(36)20(48-8)32-6-30(2)10-16(32)26-22(24)28-18(10)38/h5-8,11-14,19-20,33-36H,3-4H2,1-2H3,(H7-2,23,24,25,26,27,28,37,38,39,40,41,42,43,44)/t7-,8+,11-,12+,13-,14+,19-,20+. The quantitative estimate of drug-likeness (QED) is 0.0474. The van der Waals surface area contributed by atoms with E-state index in [1.165, 1.54) is 35.9 Å². The van der Waals surface area contributed by atoms with E-state index in [0.717, 1.165) is 9.13 Å². The Morgan fingerprint density at radius 1 is 0.774 bits per heavy atom. The van der Waals surface area contributed by atoms with E-state index in [1.54, 1.807) is 0 Å². The number of rotatable bonds is 12. The number of nitrogen functional groups attached to an aromatic ring is 2. The van der Waals surface area contributed by atoms with Crippen molar-refractivity contribution < 1.29 is 85.1 Å². The predicted octanol–water partition coefficient (Wildman–Crippen LogP) is -6.38. The first-order valence-corrected chi connectivity index (χ1v) is 19.2. The number of imidazole rings is 2. The van der Waals surface area contributed by atoms with Gasteiger partial charge in [0.15, 0.2) is 12.7 Å². The lowest BCUT2D eigenvalue weighted by molar-refractivity contribution is -0.746. The Bertz CT molecular complexity index is 2170. The number of aromatic amines is 2. The molecule has 0 aromatic carbocycles. The molecule has 292 valence electrons. The van der Waals surface area contributed by atoms with E-state index >= 15 is 0 Å². The van der Waals surface area contributed by atoms with Gasteiger partial charge in [0.05, 0.1) is 27.3 Å². The number of phosphoric ester groups is 2. The Labute approximate surface area is 293 Å². The summed E-state index contributed by atoms with van der Waals surface area (Å²) in [6.45, 7) is -2.29. The van der Waals surface area contributed by atoms with Gasteiger partial charge in [-0.3, -0.25) is 42.3 Å². The fraction of sp³-hybridized carbons (Fsp3) is 0.545. The molecule has 11 N–H and O–H groups in total. The first-order chi connectivity index (χ1) is 24.6. The van der Waals surface area contributed by atoms with Gasteiger partial charge in [-0.25, -0.2) is 22.3 Å². The summed E-state index contributed by atoms with van der Waals surface area (Å²) in [6, 6.07) is 0. The van der Waals surface area contributed by atoms with Crippen LogP contribution in [-0.2, 0) is 54.9 Å². The molecule has 0 bridgehead atoms. The number of aliphatic hydroxyl groups is 4. The number of H-pyrrole nitrogens is 2. The molecule has 2 aliphatic heterocycles. The van der Waals surface area contributed by atoms with Crippen LogP contribution < -0.4 is 41.5 Å². The summed E-state index contributed by atoms with van der Waals surface area (Å²) in [7, 11) is -15.2. The zero-order valence-corrected chi connectivity index (χ0v) is 29.6. The van der Waals surface area contributed by atoms with Crippen molar-refractivity contribution in [3.05, 3.63) is 33.4 Å². The number of fused-ring (bicyclic) bond motifs is 2. The topological polar surface area (TPSA) is 415 Å². The molecule has 0 amide bonds. The zero-order chi connectivity index (χ0) is 38.9. The maximum atomic E-state index is 12.5. The van der Waals surface area contributed by atoms with Gasteiger partial charge in [0, 0.05) is 0 Å². The van der Waals surface area contributed by atoms with Gasteiger partial charge in [0.25, 0.3) is 38.7 Å². The van der Waals surface area contributed by atoms with Gasteiger partial charge in [-0.05, 0) is 0 Å². The van der Waals surface area contributed by atoms with Crippen LogP contribution in [0, 0.1) is 0 Å². The molecule has 0 spiro atoms. The maximum absolute atomic E-state index is 12.5. The fourth-order valence-corrected chi connectivity index (χ4v) is 9.17. The summed E-state index contributed by atoms with van der Waals surface area (Å²) in [5.41, 5.74) is 9.74. The van der Waals surface area contributed by atoms with Crippen molar-refractivity contribution in [2.75, 3.05) is 24.7 Å². The summed E-state index contributed by atoms with van der Waals surface area (Å²) in [5.74, 6) is -0.582. The predicted molar refractivity (Wildman–Crippen MR) is 163 cm³/mol. The van der Waals surface area contributed by atoms with Crippen LogP contribution in [0.25, 0.3) is 22.3 Å². The van der Waals surface area contributed by atoms with E-state index in [4.69, 9.17) is 20.9 Å². The molecule has 4 aromatic heterocycles. The number of ether oxygens (including phenoxy) is 2. The molecule has 3 unspecified atom stereocenters. The van der Waals surface area contributed by atoms with E-state index in [-0.39, 0.29) is 34.2 Å². The molecule has 6 rings (SSSR count). The van der Waals surface area contributed by atoms with Crippen LogP contribution >= 0.6 is 23.5 Å². The largest absolute Gasteiger partial charge is 0.756 e. The molecule has 4 aromatic rings. The summed E-state index contributed by atoms with van der Waals surface area (Å²) in [6.07, 6.45) is -11.0. The van der Waals surface area contributed by atoms with E-state index in [9.17, 15) is 58.4 Å². The minimum Gasteiger partial charge on any atom is -0.756 e.